The number of carbonyl (C=O) groups excluding carboxylic acids is 2. The van der Waals surface area contributed by atoms with Crippen molar-refractivity contribution >= 4 is 35.0 Å². The van der Waals surface area contributed by atoms with Crippen LogP contribution in [-0.4, -0.2) is 55.1 Å². The van der Waals surface area contributed by atoms with Crippen molar-refractivity contribution in [1.29, 1.82) is 0 Å². The number of hydrogen-bond acceptors (Lipinski definition) is 7. The zero-order valence-electron chi connectivity index (χ0n) is 25.7. The van der Waals surface area contributed by atoms with E-state index in [1.54, 1.807) is 14.2 Å². The monoisotopic (exact) mass is 659 g/mol. The molecule has 0 radical (unpaired) electrons. The lowest BCUT2D eigenvalue weighted by Gasteiger charge is -2.16. The molecule has 2 amide bonds. The van der Waals surface area contributed by atoms with E-state index in [0.717, 1.165) is 59.2 Å². The lowest BCUT2D eigenvalue weighted by molar-refractivity contribution is -0.122. The molecule has 0 bridgehead atoms. The number of methoxy groups -OCH3 is 2. The Kier molecular flexibility index (Phi) is 9.72. The van der Waals surface area contributed by atoms with E-state index in [-0.39, 0.29) is 23.8 Å². The summed E-state index contributed by atoms with van der Waals surface area (Å²) in [5.41, 5.74) is 6.09. The molecule has 6 rings (SSSR count). The molecule has 2 fully saturated rings. The van der Waals surface area contributed by atoms with Crippen LogP contribution in [0.3, 0.4) is 0 Å². The van der Waals surface area contributed by atoms with Gasteiger partial charge in [0.05, 0.1) is 41.7 Å². The topological polar surface area (TPSA) is 114 Å². The van der Waals surface area contributed by atoms with Crippen LogP contribution in [0.5, 0.6) is 11.8 Å². The van der Waals surface area contributed by atoms with Crippen LogP contribution in [0.1, 0.15) is 30.4 Å². The number of ether oxygens (including phenoxy) is 2. The summed E-state index contributed by atoms with van der Waals surface area (Å²) in [5.74, 6) is 1.12. The number of nitrogens with zero attached hydrogens (tertiary/aromatic N) is 2. The fourth-order valence-corrected chi connectivity index (χ4v) is 6.71. The van der Waals surface area contributed by atoms with Gasteiger partial charge in [0.25, 0.3) is 0 Å². The highest BCUT2D eigenvalue weighted by molar-refractivity contribution is 6.39. The van der Waals surface area contributed by atoms with E-state index in [0.29, 0.717) is 52.7 Å². The molecule has 0 unspecified atom stereocenters. The maximum Gasteiger partial charge on any atom is 0.237 e. The smallest absolute Gasteiger partial charge is 0.237 e. The second-order valence-electron chi connectivity index (χ2n) is 11.4. The van der Waals surface area contributed by atoms with Gasteiger partial charge in [-0.15, -0.1) is 0 Å². The summed E-state index contributed by atoms with van der Waals surface area (Å²) >= 11 is 14.1. The van der Waals surface area contributed by atoms with Crippen LogP contribution in [0.4, 0.5) is 0 Å². The van der Waals surface area contributed by atoms with Crippen molar-refractivity contribution in [1.82, 2.24) is 25.9 Å². The molecule has 4 aromatic rings. The molecule has 0 aliphatic carbocycles. The highest BCUT2D eigenvalue weighted by Gasteiger charge is 2.25. The first-order valence-electron chi connectivity index (χ1n) is 15.3. The van der Waals surface area contributed by atoms with E-state index in [1.165, 1.54) is 0 Å². The van der Waals surface area contributed by atoms with Gasteiger partial charge in [0.1, 0.15) is 0 Å². The summed E-state index contributed by atoms with van der Waals surface area (Å²) in [5, 5.41) is 10.0. The van der Waals surface area contributed by atoms with E-state index in [4.69, 9.17) is 42.6 Å². The minimum absolute atomic E-state index is 0.00746. The molecule has 2 aromatic carbocycles. The van der Waals surface area contributed by atoms with E-state index < -0.39 is 0 Å². The highest BCUT2D eigenvalue weighted by Crippen LogP contribution is 2.42. The van der Waals surface area contributed by atoms with Crippen LogP contribution in [0.15, 0.2) is 60.7 Å². The average Bonchev–Trinajstić information content (AvgIpc) is 3.69. The molecular weight excluding hydrogens is 625 g/mol. The minimum Gasteiger partial charge on any atom is -0.481 e. The number of amides is 2. The number of halogens is 2. The molecule has 2 aliphatic rings. The first-order chi connectivity index (χ1) is 22.4. The van der Waals surface area contributed by atoms with Crippen LogP contribution in [0.2, 0.25) is 10.0 Å². The zero-order chi connectivity index (χ0) is 32.2. The summed E-state index contributed by atoms with van der Waals surface area (Å²) in [6.45, 7) is 1.85. The summed E-state index contributed by atoms with van der Waals surface area (Å²) in [4.78, 5) is 33.5. The van der Waals surface area contributed by atoms with Crippen molar-refractivity contribution in [3.63, 3.8) is 0 Å². The fourth-order valence-electron chi connectivity index (χ4n) is 6.06. The Balaban J connectivity index is 1.26. The Hall–Kier alpha value is -4.18. The van der Waals surface area contributed by atoms with Gasteiger partial charge in [0.2, 0.25) is 23.6 Å². The van der Waals surface area contributed by atoms with Gasteiger partial charge >= 0.3 is 0 Å². The first kappa shape index (κ1) is 31.8. The van der Waals surface area contributed by atoms with Gasteiger partial charge in [0.15, 0.2) is 0 Å². The molecule has 9 nitrogen and oxygen atoms in total. The standard InChI is InChI=1S/C35H35Cl2N5O4/c1-45-34-21(10-9-20-15-17-38-32(20)43)11-13-27(41-34)25-7-3-5-23(30(25)36)24-6-4-8-26(31(24)37)28-14-12-22(35(42-28)46-2)19-40-29-16-18-39-33(29)44/h3-8,11-14,20,29,40H,9-10,15-19H2,1-2H3,(H,38,43)(H,39,44)/t20-,29-/m0/s1. The Morgan fingerprint density at radius 3 is 1.83 bits per heavy atom. The Morgan fingerprint density at radius 1 is 0.739 bits per heavy atom. The SMILES string of the molecule is COc1nc(-c2cccc(-c3cccc(-c4ccc(CN[C@H]5CCNC5=O)c(OC)n4)c3Cl)c2Cl)ccc1CC[C@H]1CCNC1=O. The molecule has 2 aliphatic heterocycles. The number of pyridine rings is 2. The fraction of sp³-hybridized carbons (Fsp3) is 0.314. The molecule has 2 saturated heterocycles. The predicted octanol–water partition coefficient (Wildman–Crippen LogP) is 5.85. The van der Waals surface area contributed by atoms with Crippen LogP contribution in [0.25, 0.3) is 33.6 Å². The first-order valence-corrected chi connectivity index (χ1v) is 16.1. The summed E-state index contributed by atoms with van der Waals surface area (Å²) in [6.07, 6.45) is 3.04. The van der Waals surface area contributed by atoms with Crippen molar-refractivity contribution in [2.45, 2.75) is 38.3 Å². The van der Waals surface area contributed by atoms with E-state index in [2.05, 4.69) is 16.0 Å². The van der Waals surface area contributed by atoms with Gasteiger partial charge in [-0.25, -0.2) is 9.97 Å². The second kappa shape index (κ2) is 14.1. The number of nitrogens with one attached hydrogen (secondary N) is 3. The Bertz CT molecular complexity index is 1650. The van der Waals surface area contributed by atoms with Gasteiger partial charge in [0, 0.05) is 58.9 Å². The van der Waals surface area contributed by atoms with E-state index in [9.17, 15) is 9.59 Å². The maximum absolute atomic E-state index is 12.0. The van der Waals surface area contributed by atoms with Crippen molar-refractivity contribution in [2.75, 3.05) is 27.3 Å². The molecule has 3 N–H and O–H groups in total. The number of hydrogen-bond donors (Lipinski definition) is 3. The van der Waals surface area contributed by atoms with Crippen molar-refractivity contribution < 1.29 is 19.1 Å². The van der Waals surface area contributed by atoms with Crippen molar-refractivity contribution in [2.24, 2.45) is 5.92 Å². The minimum atomic E-state index is -0.225. The van der Waals surface area contributed by atoms with Crippen LogP contribution >= 0.6 is 23.2 Å². The number of aromatic nitrogens is 2. The molecule has 4 heterocycles. The van der Waals surface area contributed by atoms with Crippen LogP contribution in [0, 0.1) is 5.92 Å². The predicted molar refractivity (Wildman–Crippen MR) is 179 cm³/mol. The number of rotatable bonds is 11. The number of carbonyl (C=O) groups is 2. The summed E-state index contributed by atoms with van der Waals surface area (Å²) in [6, 6.07) is 19.1. The summed E-state index contributed by atoms with van der Waals surface area (Å²) < 4.78 is 11.3. The highest BCUT2D eigenvalue weighted by atomic mass is 35.5. The largest absolute Gasteiger partial charge is 0.481 e. The molecule has 2 atom stereocenters. The molecule has 11 heteroatoms. The third-order valence-corrected chi connectivity index (χ3v) is 9.43. The second-order valence-corrected chi connectivity index (χ2v) is 12.1. The normalized spacial score (nSPS) is 17.6. The average molecular weight is 661 g/mol. The molecule has 0 saturated carbocycles. The van der Waals surface area contributed by atoms with Gasteiger partial charge in [-0.2, -0.15) is 0 Å². The van der Waals surface area contributed by atoms with Gasteiger partial charge in [-0.3, -0.25) is 9.59 Å². The van der Waals surface area contributed by atoms with E-state index >= 15 is 0 Å². The summed E-state index contributed by atoms with van der Waals surface area (Å²) in [7, 11) is 3.17. The molecular formula is C35H35Cl2N5O4. The van der Waals surface area contributed by atoms with Crippen LogP contribution in [-0.2, 0) is 22.6 Å². The third kappa shape index (κ3) is 6.54. The molecule has 2 aromatic heterocycles. The van der Waals surface area contributed by atoms with Gasteiger partial charge < -0.3 is 25.4 Å². The lowest BCUT2D eigenvalue weighted by atomic mass is 9.97. The van der Waals surface area contributed by atoms with E-state index in [1.807, 2.05) is 60.7 Å². The van der Waals surface area contributed by atoms with Gasteiger partial charge in [-0.05, 0) is 37.8 Å². The quantitative estimate of drug-likeness (QED) is 0.185. The lowest BCUT2D eigenvalue weighted by Crippen LogP contribution is -2.35. The molecule has 238 valence electrons. The number of benzene rings is 2. The Morgan fingerprint density at radius 2 is 1.28 bits per heavy atom. The van der Waals surface area contributed by atoms with Crippen LogP contribution < -0.4 is 25.4 Å². The Labute approximate surface area is 278 Å². The zero-order valence-corrected chi connectivity index (χ0v) is 27.2. The third-order valence-electron chi connectivity index (χ3n) is 8.62. The van der Waals surface area contributed by atoms with Gasteiger partial charge in [-0.1, -0.05) is 71.7 Å². The maximum atomic E-state index is 12.0. The number of aryl methyl sites for hydroxylation is 1. The molecule has 46 heavy (non-hydrogen) atoms. The van der Waals surface area contributed by atoms with Crippen molar-refractivity contribution in [3.05, 3.63) is 81.8 Å². The molecule has 0 spiro atoms. The van der Waals surface area contributed by atoms with Crippen molar-refractivity contribution in [3.8, 4) is 45.4 Å².